The minimum absolute atomic E-state index is 0.0713. The number of rotatable bonds is 3. The number of aromatic carboxylic acids is 1. The van der Waals surface area contributed by atoms with Gasteiger partial charge in [0.15, 0.2) is 0 Å². The highest BCUT2D eigenvalue weighted by Crippen LogP contribution is 2.23. The Balaban J connectivity index is 1.99. The van der Waals surface area contributed by atoms with Gasteiger partial charge in [0.2, 0.25) is 0 Å². The number of hydrogen-bond donors (Lipinski definition) is 3. The number of carbonyl (C=O) groups is 2. The van der Waals surface area contributed by atoms with E-state index in [0.717, 1.165) is 43.9 Å². The molecule has 114 valence electrons. The second-order valence-corrected chi connectivity index (χ2v) is 5.57. The summed E-state index contributed by atoms with van der Waals surface area (Å²) in [5.41, 5.74) is -0.200. The molecule has 1 aliphatic rings. The zero-order valence-electron chi connectivity index (χ0n) is 11.9. The number of carboxylic acid groups (broad SMARTS) is 1. The molecular weight excluding hydrogens is 275 g/mol. The Morgan fingerprint density at radius 2 is 2.10 bits per heavy atom. The number of urea groups is 1. The van der Waals surface area contributed by atoms with Crippen molar-refractivity contribution < 1.29 is 19.1 Å². The molecule has 0 spiro atoms. The maximum atomic E-state index is 13.6. The van der Waals surface area contributed by atoms with Crippen molar-refractivity contribution in [2.45, 2.75) is 38.6 Å². The summed E-state index contributed by atoms with van der Waals surface area (Å²) in [6, 6.07) is 2.88. The van der Waals surface area contributed by atoms with Gasteiger partial charge < -0.3 is 15.7 Å². The molecule has 21 heavy (non-hydrogen) atoms. The van der Waals surface area contributed by atoms with Crippen LogP contribution in [-0.4, -0.2) is 23.1 Å². The first-order valence-electron chi connectivity index (χ1n) is 7.06. The minimum Gasteiger partial charge on any atom is -0.478 e. The van der Waals surface area contributed by atoms with Gasteiger partial charge in [-0.15, -0.1) is 0 Å². The van der Waals surface area contributed by atoms with E-state index in [4.69, 9.17) is 5.11 Å². The molecule has 0 aliphatic heterocycles. The summed E-state index contributed by atoms with van der Waals surface area (Å²) < 4.78 is 13.6. The lowest BCUT2D eigenvalue weighted by Gasteiger charge is -2.27. The summed E-state index contributed by atoms with van der Waals surface area (Å²) in [6.07, 6.45) is 4.05. The van der Waals surface area contributed by atoms with E-state index >= 15 is 0 Å². The molecule has 1 fully saturated rings. The minimum atomic E-state index is -1.17. The van der Waals surface area contributed by atoms with Gasteiger partial charge in [-0.1, -0.05) is 19.8 Å². The van der Waals surface area contributed by atoms with Crippen molar-refractivity contribution >= 4 is 17.7 Å². The molecule has 0 aromatic heterocycles. The van der Waals surface area contributed by atoms with E-state index in [1.54, 1.807) is 0 Å². The van der Waals surface area contributed by atoms with Crippen LogP contribution in [0.3, 0.4) is 0 Å². The highest BCUT2D eigenvalue weighted by Gasteiger charge is 2.21. The third kappa shape index (κ3) is 4.18. The van der Waals surface area contributed by atoms with Gasteiger partial charge in [-0.3, -0.25) is 0 Å². The van der Waals surface area contributed by atoms with Crippen molar-refractivity contribution in [2.24, 2.45) is 5.92 Å². The summed E-state index contributed by atoms with van der Waals surface area (Å²) >= 11 is 0. The standard InChI is InChI=1S/C15H19FN2O3/c1-9-3-2-4-11(7-9)17-15(21)18-13-8-10(14(19)20)5-6-12(13)16/h5-6,8-9,11H,2-4,7H2,1H3,(H,19,20)(H2,17,18,21). The zero-order chi connectivity index (χ0) is 15.4. The fraction of sp³-hybridized carbons (Fsp3) is 0.467. The Hall–Kier alpha value is -2.11. The van der Waals surface area contributed by atoms with Crippen molar-refractivity contribution in [1.82, 2.24) is 5.32 Å². The number of carbonyl (C=O) groups excluding carboxylic acids is 1. The SMILES string of the molecule is CC1CCCC(NC(=O)Nc2cc(C(=O)O)ccc2F)C1. The van der Waals surface area contributed by atoms with Crippen LogP contribution in [0.2, 0.25) is 0 Å². The largest absolute Gasteiger partial charge is 0.478 e. The van der Waals surface area contributed by atoms with Gasteiger partial charge in [0, 0.05) is 6.04 Å². The molecule has 1 aromatic rings. The second-order valence-electron chi connectivity index (χ2n) is 5.57. The van der Waals surface area contributed by atoms with Crippen LogP contribution < -0.4 is 10.6 Å². The maximum Gasteiger partial charge on any atom is 0.335 e. The van der Waals surface area contributed by atoms with E-state index in [0.29, 0.717) is 5.92 Å². The van der Waals surface area contributed by atoms with Gasteiger partial charge in [-0.2, -0.15) is 0 Å². The number of carboxylic acids is 1. The van der Waals surface area contributed by atoms with Crippen LogP contribution in [0.15, 0.2) is 18.2 Å². The lowest BCUT2D eigenvalue weighted by Crippen LogP contribution is -2.40. The Morgan fingerprint density at radius 1 is 1.33 bits per heavy atom. The molecular formula is C15H19FN2O3. The number of benzene rings is 1. The fourth-order valence-electron chi connectivity index (χ4n) is 2.66. The summed E-state index contributed by atoms with van der Waals surface area (Å²) in [7, 11) is 0. The number of anilines is 1. The van der Waals surface area contributed by atoms with Crippen molar-refractivity contribution in [2.75, 3.05) is 5.32 Å². The first kappa shape index (κ1) is 15.3. The molecule has 1 saturated carbocycles. The van der Waals surface area contributed by atoms with Crippen LogP contribution in [0.5, 0.6) is 0 Å². The van der Waals surface area contributed by atoms with E-state index in [-0.39, 0.29) is 17.3 Å². The molecule has 1 aromatic carbocycles. The Labute approximate surface area is 122 Å². The van der Waals surface area contributed by atoms with Crippen LogP contribution in [-0.2, 0) is 0 Å². The Bertz CT molecular complexity index is 548. The molecule has 0 saturated heterocycles. The van der Waals surface area contributed by atoms with Gasteiger partial charge in [-0.05, 0) is 37.0 Å². The first-order valence-corrected chi connectivity index (χ1v) is 7.06. The molecule has 3 N–H and O–H groups in total. The molecule has 0 heterocycles. The van der Waals surface area contributed by atoms with Crippen LogP contribution in [0.4, 0.5) is 14.9 Å². The molecule has 0 bridgehead atoms. The van der Waals surface area contributed by atoms with Gasteiger partial charge in [0.25, 0.3) is 0 Å². The van der Waals surface area contributed by atoms with E-state index in [1.807, 2.05) is 0 Å². The molecule has 2 atom stereocenters. The lowest BCUT2D eigenvalue weighted by atomic mass is 9.87. The third-order valence-electron chi connectivity index (χ3n) is 3.73. The molecule has 2 amide bonds. The smallest absolute Gasteiger partial charge is 0.335 e. The average molecular weight is 294 g/mol. The molecule has 0 radical (unpaired) electrons. The number of hydrogen-bond acceptors (Lipinski definition) is 2. The summed E-state index contributed by atoms with van der Waals surface area (Å²) in [5, 5.41) is 14.1. The van der Waals surface area contributed by atoms with Crippen molar-refractivity contribution in [3.05, 3.63) is 29.6 Å². The zero-order valence-corrected chi connectivity index (χ0v) is 11.9. The predicted molar refractivity (Wildman–Crippen MR) is 76.9 cm³/mol. The quantitative estimate of drug-likeness (QED) is 0.801. The Kier molecular flexibility index (Phi) is 4.77. The van der Waals surface area contributed by atoms with E-state index < -0.39 is 17.8 Å². The van der Waals surface area contributed by atoms with Gasteiger partial charge in [0.05, 0.1) is 11.3 Å². The normalized spacial score (nSPS) is 21.6. The molecule has 5 nitrogen and oxygen atoms in total. The first-order chi connectivity index (χ1) is 9.95. The monoisotopic (exact) mass is 294 g/mol. The molecule has 1 aliphatic carbocycles. The second kappa shape index (κ2) is 6.56. The predicted octanol–water partition coefficient (Wildman–Crippen LogP) is 3.22. The van der Waals surface area contributed by atoms with Crippen molar-refractivity contribution in [1.29, 1.82) is 0 Å². The topological polar surface area (TPSA) is 78.4 Å². The van der Waals surface area contributed by atoms with Crippen LogP contribution in [0.1, 0.15) is 43.0 Å². The number of nitrogens with one attached hydrogen (secondary N) is 2. The van der Waals surface area contributed by atoms with Gasteiger partial charge >= 0.3 is 12.0 Å². The van der Waals surface area contributed by atoms with Crippen molar-refractivity contribution in [3.8, 4) is 0 Å². The molecule has 2 unspecified atom stereocenters. The van der Waals surface area contributed by atoms with E-state index in [2.05, 4.69) is 17.6 Å². The fourth-order valence-corrected chi connectivity index (χ4v) is 2.66. The van der Waals surface area contributed by atoms with E-state index in [9.17, 15) is 14.0 Å². The van der Waals surface area contributed by atoms with Crippen LogP contribution in [0.25, 0.3) is 0 Å². The maximum absolute atomic E-state index is 13.6. The summed E-state index contributed by atoms with van der Waals surface area (Å²) in [5.74, 6) is -1.26. The third-order valence-corrected chi connectivity index (χ3v) is 3.73. The van der Waals surface area contributed by atoms with Crippen LogP contribution >= 0.6 is 0 Å². The Morgan fingerprint density at radius 3 is 2.76 bits per heavy atom. The van der Waals surface area contributed by atoms with Crippen molar-refractivity contribution in [3.63, 3.8) is 0 Å². The van der Waals surface area contributed by atoms with Gasteiger partial charge in [-0.25, -0.2) is 14.0 Å². The molecule has 2 rings (SSSR count). The summed E-state index contributed by atoms with van der Waals surface area (Å²) in [4.78, 5) is 22.7. The van der Waals surface area contributed by atoms with Gasteiger partial charge in [0.1, 0.15) is 5.82 Å². The molecule has 6 heteroatoms. The number of amides is 2. The highest BCUT2D eigenvalue weighted by molar-refractivity contribution is 5.93. The highest BCUT2D eigenvalue weighted by atomic mass is 19.1. The number of halogens is 1. The van der Waals surface area contributed by atoms with E-state index in [1.165, 1.54) is 0 Å². The lowest BCUT2D eigenvalue weighted by molar-refractivity contribution is 0.0697. The summed E-state index contributed by atoms with van der Waals surface area (Å²) in [6.45, 7) is 2.14. The average Bonchev–Trinajstić information content (AvgIpc) is 2.41. The van der Waals surface area contributed by atoms with Crippen LogP contribution in [0, 0.1) is 11.7 Å².